The predicted octanol–water partition coefficient (Wildman–Crippen LogP) is 3.07. The quantitative estimate of drug-likeness (QED) is 0.784. The van der Waals surface area contributed by atoms with Crippen molar-refractivity contribution in [3.05, 3.63) is 41.0 Å². The van der Waals surface area contributed by atoms with E-state index in [0.717, 1.165) is 11.1 Å². The maximum atomic E-state index is 11.5. The zero-order chi connectivity index (χ0) is 13.5. The summed E-state index contributed by atoms with van der Waals surface area (Å²) in [5.74, 6) is 0.304. The molecule has 0 N–H and O–H groups in total. The van der Waals surface area contributed by atoms with Gasteiger partial charge in [-0.2, -0.15) is 0 Å². The molecule has 0 spiro atoms. The van der Waals surface area contributed by atoms with E-state index >= 15 is 0 Å². The van der Waals surface area contributed by atoms with Crippen LogP contribution in [0.1, 0.15) is 28.4 Å². The topological polar surface area (TPSA) is 43.4 Å². The predicted molar refractivity (Wildman–Crippen MR) is 74.7 cm³/mol. The van der Waals surface area contributed by atoms with E-state index in [1.165, 1.54) is 18.9 Å². The number of benzene rings is 1. The van der Waals surface area contributed by atoms with Crippen molar-refractivity contribution >= 4 is 28.9 Å². The number of methoxy groups -OCH3 is 1. The molecule has 0 amide bonds. The van der Waals surface area contributed by atoms with Crippen molar-refractivity contribution in [2.45, 2.75) is 13.8 Å². The maximum Gasteiger partial charge on any atom is 0.338 e. The van der Waals surface area contributed by atoms with Crippen molar-refractivity contribution in [3.8, 4) is 0 Å². The van der Waals surface area contributed by atoms with Gasteiger partial charge in [-0.3, -0.25) is 4.79 Å². The van der Waals surface area contributed by atoms with Gasteiger partial charge in [0.25, 0.3) is 0 Å². The van der Waals surface area contributed by atoms with E-state index < -0.39 is 0 Å². The van der Waals surface area contributed by atoms with Crippen LogP contribution >= 0.6 is 11.8 Å². The second-order valence-corrected chi connectivity index (χ2v) is 4.91. The first-order chi connectivity index (χ1) is 8.56. The molecule has 0 saturated carbocycles. The van der Waals surface area contributed by atoms with Crippen LogP contribution in [0.25, 0.3) is 6.08 Å². The van der Waals surface area contributed by atoms with E-state index in [1.54, 1.807) is 13.0 Å². The molecule has 1 aromatic carbocycles. The summed E-state index contributed by atoms with van der Waals surface area (Å²) >= 11 is 1.25. The summed E-state index contributed by atoms with van der Waals surface area (Å²) in [4.78, 5) is 22.3. The Kier molecular flexibility index (Phi) is 5.65. The first-order valence-corrected chi connectivity index (χ1v) is 6.52. The van der Waals surface area contributed by atoms with Gasteiger partial charge in [0.2, 0.25) is 0 Å². The summed E-state index contributed by atoms with van der Waals surface area (Å²) in [7, 11) is 1.37. The number of hydrogen-bond acceptors (Lipinski definition) is 4. The third-order valence-corrected chi connectivity index (χ3v) is 3.23. The number of thioether (sulfide) groups is 1. The first kappa shape index (κ1) is 14.5. The molecule has 4 heteroatoms. The Balaban J connectivity index is 2.84. The fourth-order valence-corrected chi connectivity index (χ4v) is 1.93. The van der Waals surface area contributed by atoms with Gasteiger partial charge in [-0.25, -0.2) is 4.79 Å². The molecule has 18 heavy (non-hydrogen) atoms. The summed E-state index contributed by atoms with van der Waals surface area (Å²) < 4.78 is 4.72. The molecule has 0 radical (unpaired) electrons. The van der Waals surface area contributed by atoms with E-state index in [2.05, 4.69) is 0 Å². The number of hydrogen-bond donors (Lipinski definition) is 0. The standard InChI is InChI=1S/C14H16O3S/c1-10-12(7-5-9-18-11(2)15)6-4-8-13(10)14(16)17-3/h4-8H,9H2,1-3H3. The van der Waals surface area contributed by atoms with Gasteiger partial charge in [0.05, 0.1) is 12.7 Å². The summed E-state index contributed by atoms with van der Waals surface area (Å²) in [6.45, 7) is 3.42. The van der Waals surface area contributed by atoms with E-state index in [9.17, 15) is 9.59 Å². The monoisotopic (exact) mass is 264 g/mol. The zero-order valence-corrected chi connectivity index (χ0v) is 11.5. The van der Waals surface area contributed by atoms with Gasteiger partial charge in [-0.1, -0.05) is 36.0 Å². The van der Waals surface area contributed by atoms with Crippen molar-refractivity contribution in [2.24, 2.45) is 0 Å². The summed E-state index contributed by atoms with van der Waals surface area (Å²) in [6.07, 6.45) is 3.83. The molecule has 0 aromatic heterocycles. The van der Waals surface area contributed by atoms with Gasteiger partial charge in [0, 0.05) is 12.7 Å². The molecule has 0 saturated heterocycles. The van der Waals surface area contributed by atoms with Gasteiger partial charge >= 0.3 is 5.97 Å². The van der Waals surface area contributed by atoms with Crippen LogP contribution in [0.15, 0.2) is 24.3 Å². The van der Waals surface area contributed by atoms with Crippen LogP contribution in [0, 0.1) is 6.92 Å². The molecule has 0 unspecified atom stereocenters. The van der Waals surface area contributed by atoms with Crippen molar-refractivity contribution < 1.29 is 14.3 Å². The maximum absolute atomic E-state index is 11.5. The first-order valence-electron chi connectivity index (χ1n) is 5.54. The highest BCUT2D eigenvalue weighted by molar-refractivity contribution is 8.13. The van der Waals surface area contributed by atoms with Gasteiger partial charge in [-0.05, 0) is 24.1 Å². The molecule has 0 aliphatic heterocycles. The number of rotatable bonds is 4. The SMILES string of the molecule is COC(=O)c1cccc(C=CCSC(C)=O)c1C. The fraction of sp³-hybridized carbons (Fsp3) is 0.286. The Morgan fingerprint density at radius 3 is 2.72 bits per heavy atom. The lowest BCUT2D eigenvalue weighted by Gasteiger charge is -2.06. The van der Waals surface area contributed by atoms with Crippen LogP contribution in [0.4, 0.5) is 0 Å². The molecule has 1 rings (SSSR count). The largest absolute Gasteiger partial charge is 0.465 e. The zero-order valence-electron chi connectivity index (χ0n) is 10.7. The molecular weight excluding hydrogens is 248 g/mol. The Morgan fingerprint density at radius 2 is 2.11 bits per heavy atom. The van der Waals surface area contributed by atoms with Gasteiger partial charge in [-0.15, -0.1) is 0 Å². The number of carbonyl (C=O) groups excluding carboxylic acids is 2. The second kappa shape index (κ2) is 7.01. The molecule has 0 atom stereocenters. The lowest BCUT2D eigenvalue weighted by molar-refractivity contribution is -0.109. The van der Waals surface area contributed by atoms with Crippen molar-refractivity contribution in [2.75, 3.05) is 12.9 Å². The Hall–Kier alpha value is -1.55. The highest BCUT2D eigenvalue weighted by atomic mass is 32.2. The molecule has 3 nitrogen and oxygen atoms in total. The minimum atomic E-state index is -0.333. The van der Waals surface area contributed by atoms with E-state index in [-0.39, 0.29) is 11.1 Å². The van der Waals surface area contributed by atoms with Crippen molar-refractivity contribution in [1.29, 1.82) is 0 Å². The molecule has 0 aliphatic carbocycles. The van der Waals surface area contributed by atoms with Gasteiger partial charge in [0.15, 0.2) is 5.12 Å². The van der Waals surface area contributed by atoms with Crippen LogP contribution in [0.2, 0.25) is 0 Å². The Morgan fingerprint density at radius 1 is 1.39 bits per heavy atom. The van der Waals surface area contributed by atoms with Gasteiger partial charge < -0.3 is 4.74 Å². The minimum absolute atomic E-state index is 0.0969. The number of ether oxygens (including phenoxy) is 1. The molecule has 0 aliphatic rings. The van der Waals surface area contributed by atoms with Crippen molar-refractivity contribution in [1.82, 2.24) is 0 Å². The fourth-order valence-electron chi connectivity index (χ4n) is 1.51. The number of esters is 1. The summed E-state index contributed by atoms with van der Waals surface area (Å²) in [5.41, 5.74) is 2.41. The molecule has 0 bridgehead atoms. The molecule has 0 fully saturated rings. The van der Waals surface area contributed by atoms with Crippen molar-refractivity contribution in [3.63, 3.8) is 0 Å². The molecular formula is C14H16O3S. The molecule has 0 heterocycles. The van der Waals surface area contributed by atoms with Crippen LogP contribution in [0.3, 0.4) is 0 Å². The lowest BCUT2D eigenvalue weighted by atomic mass is 10.0. The van der Waals surface area contributed by atoms with E-state index in [1.807, 2.05) is 31.2 Å². The average molecular weight is 264 g/mol. The lowest BCUT2D eigenvalue weighted by Crippen LogP contribution is -2.04. The van der Waals surface area contributed by atoms with Crippen LogP contribution < -0.4 is 0 Å². The third-order valence-electron chi connectivity index (χ3n) is 2.46. The van der Waals surface area contributed by atoms with Crippen LogP contribution in [0.5, 0.6) is 0 Å². The highest BCUT2D eigenvalue weighted by Crippen LogP contribution is 2.16. The summed E-state index contributed by atoms with van der Waals surface area (Å²) in [6, 6.07) is 5.48. The third kappa shape index (κ3) is 4.04. The van der Waals surface area contributed by atoms with Gasteiger partial charge in [0.1, 0.15) is 0 Å². The smallest absolute Gasteiger partial charge is 0.338 e. The normalized spacial score (nSPS) is 10.6. The Bertz CT molecular complexity index is 478. The van der Waals surface area contributed by atoms with E-state index in [0.29, 0.717) is 11.3 Å². The molecule has 96 valence electrons. The molecule has 1 aromatic rings. The van der Waals surface area contributed by atoms with Crippen LogP contribution in [-0.2, 0) is 9.53 Å². The minimum Gasteiger partial charge on any atom is -0.465 e. The average Bonchev–Trinajstić information content (AvgIpc) is 2.35. The second-order valence-electron chi connectivity index (χ2n) is 3.72. The highest BCUT2D eigenvalue weighted by Gasteiger charge is 2.09. The Labute approximate surface area is 111 Å². The number of carbonyl (C=O) groups is 2. The summed E-state index contributed by atoms with van der Waals surface area (Å²) in [5, 5.41) is 0.0969. The van der Waals surface area contributed by atoms with E-state index in [4.69, 9.17) is 4.74 Å². The van der Waals surface area contributed by atoms with Crippen LogP contribution in [-0.4, -0.2) is 23.9 Å².